The maximum absolute atomic E-state index is 5.48. The van der Waals surface area contributed by atoms with Gasteiger partial charge in [0, 0.05) is 18.6 Å². The van der Waals surface area contributed by atoms with Gasteiger partial charge in [0.2, 0.25) is 0 Å². The van der Waals surface area contributed by atoms with Crippen LogP contribution in [0.2, 0.25) is 0 Å². The first-order valence-corrected chi connectivity index (χ1v) is 7.50. The number of benzene rings is 1. The lowest BCUT2D eigenvalue weighted by Crippen LogP contribution is -2.34. The summed E-state index contributed by atoms with van der Waals surface area (Å²) < 4.78 is 8.34. The van der Waals surface area contributed by atoms with E-state index < -0.39 is 0 Å². The van der Waals surface area contributed by atoms with Gasteiger partial charge in [0.1, 0.15) is 11.3 Å². The van der Waals surface area contributed by atoms with Gasteiger partial charge in [-0.25, -0.2) is 0 Å². The molecule has 1 saturated carbocycles. The minimum Gasteiger partial charge on any atom is -0.494 e. The average molecular weight is 291 g/mol. The second-order valence-corrected chi connectivity index (χ2v) is 6.03. The zero-order chi connectivity index (χ0) is 14.3. The lowest BCUT2D eigenvalue weighted by atomic mass is 10.2. The molecule has 0 aliphatic heterocycles. The molecule has 0 amide bonds. The fourth-order valence-corrected chi connectivity index (χ4v) is 3.01. The van der Waals surface area contributed by atoms with E-state index in [4.69, 9.17) is 17.0 Å². The number of likely N-dealkylation sites (N-methyl/N-ethyl adjacent to an activating group) is 1. The molecule has 1 aromatic carbocycles. The smallest absolute Gasteiger partial charge is 0.178 e. The zero-order valence-corrected chi connectivity index (χ0v) is 13.0. The molecule has 5 heteroatoms. The molecular weight excluding hydrogens is 270 g/mol. The molecule has 1 aliphatic rings. The van der Waals surface area contributed by atoms with Crippen LogP contribution >= 0.6 is 12.2 Å². The van der Waals surface area contributed by atoms with E-state index in [2.05, 4.69) is 34.5 Å². The molecule has 108 valence electrons. The Labute approximate surface area is 124 Å². The molecule has 3 rings (SSSR count). The third kappa shape index (κ3) is 2.36. The zero-order valence-electron chi connectivity index (χ0n) is 12.2. The van der Waals surface area contributed by atoms with Crippen molar-refractivity contribution in [2.45, 2.75) is 38.4 Å². The summed E-state index contributed by atoms with van der Waals surface area (Å²) in [5, 5.41) is 0. The summed E-state index contributed by atoms with van der Waals surface area (Å²) in [5.41, 5.74) is 2.10. The summed E-state index contributed by atoms with van der Waals surface area (Å²) in [4.78, 5) is 5.73. The SMILES string of the molecule is COc1cccc2c1[nH]c(=S)n2CC(C)N(C)C1CC1. The van der Waals surface area contributed by atoms with Crippen molar-refractivity contribution in [2.24, 2.45) is 0 Å². The molecule has 1 atom stereocenters. The Bertz CT molecular complexity index is 671. The summed E-state index contributed by atoms with van der Waals surface area (Å²) in [6.07, 6.45) is 2.65. The normalized spacial score (nSPS) is 16.8. The van der Waals surface area contributed by atoms with Crippen molar-refractivity contribution in [1.29, 1.82) is 0 Å². The Morgan fingerprint density at radius 3 is 2.90 bits per heavy atom. The quantitative estimate of drug-likeness (QED) is 0.859. The van der Waals surface area contributed by atoms with Gasteiger partial charge in [0.05, 0.1) is 12.6 Å². The van der Waals surface area contributed by atoms with Crippen molar-refractivity contribution in [3.8, 4) is 5.75 Å². The number of H-pyrrole nitrogens is 1. The third-order valence-electron chi connectivity index (χ3n) is 4.26. The van der Waals surface area contributed by atoms with Crippen molar-refractivity contribution < 1.29 is 4.74 Å². The maximum atomic E-state index is 5.48. The minimum absolute atomic E-state index is 0.472. The molecule has 1 aliphatic carbocycles. The lowest BCUT2D eigenvalue weighted by molar-refractivity contribution is 0.226. The highest BCUT2D eigenvalue weighted by Gasteiger charge is 2.29. The number of nitrogens with zero attached hydrogens (tertiary/aromatic N) is 2. The minimum atomic E-state index is 0.472. The van der Waals surface area contributed by atoms with Crippen molar-refractivity contribution in [2.75, 3.05) is 14.2 Å². The van der Waals surface area contributed by atoms with Gasteiger partial charge in [-0.1, -0.05) is 6.07 Å². The molecule has 1 unspecified atom stereocenters. The number of aromatic nitrogens is 2. The largest absolute Gasteiger partial charge is 0.494 e. The second-order valence-electron chi connectivity index (χ2n) is 5.64. The average Bonchev–Trinajstić information content (AvgIpc) is 3.24. The summed E-state index contributed by atoms with van der Waals surface area (Å²) in [6, 6.07) is 7.29. The van der Waals surface area contributed by atoms with Crippen molar-refractivity contribution in [3.05, 3.63) is 23.0 Å². The molecule has 1 N–H and O–H groups in total. The van der Waals surface area contributed by atoms with E-state index in [1.54, 1.807) is 7.11 Å². The molecule has 2 aromatic rings. The van der Waals surface area contributed by atoms with Crippen molar-refractivity contribution in [3.63, 3.8) is 0 Å². The first-order valence-electron chi connectivity index (χ1n) is 7.09. The number of hydrogen-bond acceptors (Lipinski definition) is 3. The van der Waals surface area contributed by atoms with Gasteiger partial charge in [0.15, 0.2) is 4.77 Å². The summed E-state index contributed by atoms with van der Waals surface area (Å²) in [5.74, 6) is 0.843. The van der Waals surface area contributed by atoms with Crippen LogP contribution in [0.4, 0.5) is 0 Å². The number of ether oxygens (including phenoxy) is 1. The van der Waals surface area contributed by atoms with Crippen molar-refractivity contribution in [1.82, 2.24) is 14.5 Å². The van der Waals surface area contributed by atoms with Crippen LogP contribution in [0.3, 0.4) is 0 Å². The number of fused-ring (bicyclic) bond motifs is 1. The highest BCUT2D eigenvalue weighted by Crippen LogP contribution is 2.29. The second kappa shape index (κ2) is 5.22. The Morgan fingerprint density at radius 2 is 2.25 bits per heavy atom. The number of aromatic amines is 1. The number of hydrogen-bond donors (Lipinski definition) is 1. The molecule has 0 bridgehead atoms. The van der Waals surface area contributed by atoms with Crippen LogP contribution in [0.5, 0.6) is 5.75 Å². The molecule has 0 saturated heterocycles. The molecule has 4 nitrogen and oxygen atoms in total. The fraction of sp³-hybridized carbons (Fsp3) is 0.533. The van der Waals surface area contributed by atoms with Gasteiger partial charge in [0.25, 0.3) is 0 Å². The van der Waals surface area contributed by atoms with Gasteiger partial charge in [-0.05, 0) is 51.2 Å². The standard InChI is InChI=1S/C15H21N3OS/c1-10(17(2)11-7-8-11)9-18-12-5-4-6-13(19-3)14(12)16-15(18)20/h4-6,10-11H,7-9H2,1-3H3,(H,16,20). The molecule has 1 aromatic heterocycles. The summed E-state index contributed by atoms with van der Waals surface area (Å²) in [7, 11) is 3.90. The van der Waals surface area contributed by atoms with Crippen molar-refractivity contribution >= 4 is 23.3 Å². The van der Waals surface area contributed by atoms with Gasteiger partial charge < -0.3 is 14.3 Å². The predicted octanol–water partition coefficient (Wildman–Crippen LogP) is 3.19. The Kier molecular flexibility index (Phi) is 3.56. The van der Waals surface area contributed by atoms with E-state index in [1.165, 1.54) is 12.8 Å². The van der Waals surface area contributed by atoms with Crippen LogP contribution in [0.25, 0.3) is 11.0 Å². The first kappa shape index (κ1) is 13.6. The highest BCUT2D eigenvalue weighted by atomic mass is 32.1. The molecule has 1 fully saturated rings. The predicted molar refractivity (Wildman–Crippen MR) is 83.9 cm³/mol. The summed E-state index contributed by atoms with van der Waals surface area (Å²) >= 11 is 5.48. The highest BCUT2D eigenvalue weighted by molar-refractivity contribution is 7.71. The topological polar surface area (TPSA) is 33.2 Å². The van der Waals surface area contributed by atoms with Crippen LogP contribution in [-0.4, -0.2) is 40.7 Å². The number of rotatable bonds is 5. The van der Waals surface area contributed by atoms with Crippen LogP contribution in [0, 0.1) is 4.77 Å². The van der Waals surface area contributed by atoms with Crippen LogP contribution in [-0.2, 0) is 6.54 Å². The van der Waals surface area contributed by atoms with Crippen LogP contribution in [0.15, 0.2) is 18.2 Å². The van der Waals surface area contributed by atoms with Crippen LogP contribution < -0.4 is 4.74 Å². The summed E-state index contributed by atoms with van der Waals surface area (Å²) in [6.45, 7) is 3.16. The number of nitrogens with one attached hydrogen (secondary N) is 1. The molecule has 1 heterocycles. The third-order valence-corrected chi connectivity index (χ3v) is 4.58. The molecule has 0 spiro atoms. The number of para-hydroxylation sites is 1. The fourth-order valence-electron chi connectivity index (χ4n) is 2.74. The van der Waals surface area contributed by atoms with E-state index in [9.17, 15) is 0 Å². The lowest BCUT2D eigenvalue weighted by Gasteiger charge is -2.25. The van der Waals surface area contributed by atoms with E-state index >= 15 is 0 Å². The molecular formula is C15H21N3OS. The number of imidazole rings is 1. The van der Waals surface area contributed by atoms with Gasteiger partial charge in [-0.15, -0.1) is 0 Å². The van der Waals surface area contributed by atoms with Gasteiger partial charge in [-0.3, -0.25) is 4.90 Å². The first-order chi connectivity index (χ1) is 9.61. The van der Waals surface area contributed by atoms with E-state index in [0.717, 1.165) is 34.1 Å². The van der Waals surface area contributed by atoms with Gasteiger partial charge >= 0.3 is 0 Å². The Morgan fingerprint density at radius 1 is 1.50 bits per heavy atom. The Hall–Kier alpha value is -1.33. The molecule has 20 heavy (non-hydrogen) atoms. The van der Waals surface area contributed by atoms with E-state index in [1.807, 2.05) is 12.1 Å². The number of methoxy groups -OCH3 is 1. The molecule has 0 radical (unpaired) electrons. The van der Waals surface area contributed by atoms with Gasteiger partial charge in [-0.2, -0.15) is 0 Å². The maximum Gasteiger partial charge on any atom is 0.178 e. The van der Waals surface area contributed by atoms with E-state index in [0.29, 0.717) is 6.04 Å². The van der Waals surface area contributed by atoms with E-state index in [-0.39, 0.29) is 0 Å². The monoisotopic (exact) mass is 291 g/mol. The van der Waals surface area contributed by atoms with Crippen LogP contribution in [0.1, 0.15) is 19.8 Å². The Balaban J connectivity index is 1.94.